The number of likely N-dealkylation sites (tertiary alicyclic amines) is 1. The van der Waals surface area contributed by atoms with Crippen molar-refractivity contribution in [2.24, 2.45) is 16.8 Å². The summed E-state index contributed by atoms with van der Waals surface area (Å²) >= 11 is 6.11. The number of methoxy groups -OCH3 is 1. The van der Waals surface area contributed by atoms with Crippen molar-refractivity contribution in [2.45, 2.75) is 13.3 Å². The summed E-state index contributed by atoms with van der Waals surface area (Å²) in [6, 6.07) is 5.86. The summed E-state index contributed by atoms with van der Waals surface area (Å²) in [5, 5.41) is 5.29. The van der Waals surface area contributed by atoms with Crippen molar-refractivity contribution >= 4 is 34.4 Å². The fraction of sp³-hybridized carbons (Fsp3) is 0.474. The lowest BCUT2D eigenvalue weighted by Gasteiger charge is -2.21. The Morgan fingerprint density at radius 1 is 1.46 bits per heavy atom. The lowest BCUT2D eigenvalue weighted by molar-refractivity contribution is -0.145. The first-order chi connectivity index (χ1) is 12.5. The van der Waals surface area contributed by atoms with Crippen LogP contribution in [0, 0.1) is 11.8 Å². The zero-order chi connectivity index (χ0) is 18.7. The van der Waals surface area contributed by atoms with E-state index in [1.54, 1.807) is 7.05 Å². The summed E-state index contributed by atoms with van der Waals surface area (Å²) in [5.74, 6) is 0.818. The van der Waals surface area contributed by atoms with Crippen LogP contribution in [0.1, 0.15) is 12.5 Å². The monoisotopic (exact) mass is 376 g/mol. The van der Waals surface area contributed by atoms with Gasteiger partial charge in [-0.1, -0.05) is 18.5 Å². The molecule has 2 N–H and O–H groups in total. The second-order valence-corrected chi connectivity index (χ2v) is 7.18. The standard InChI is InChI=1S/C19H25ClN4O2/c1-12-10-24(11-16(12)18(25)26-3)19(21-2)22-7-6-13-9-23-17-5-4-14(20)8-15(13)17/h4-5,8-9,12,16,23H,6-7,10-11H2,1-3H3,(H,21,22). The predicted molar refractivity (Wildman–Crippen MR) is 105 cm³/mol. The quantitative estimate of drug-likeness (QED) is 0.489. The zero-order valence-corrected chi connectivity index (χ0v) is 16.1. The third kappa shape index (κ3) is 3.80. The highest BCUT2D eigenvalue weighted by Crippen LogP contribution is 2.24. The minimum atomic E-state index is -0.147. The Kier molecular flexibility index (Phi) is 5.71. The second kappa shape index (κ2) is 7.99. The molecule has 0 saturated carbocycles. The molecule has 6 nitrogen and oxygen atoms in total. The van der Waals surface area contributed by atoms with Crippen molar-refractivity contribution in [3.63, 3.8) is 0 Å². The number of hydrogen-bond acceptors (Lipinski definition) is 3. The Hall–Kier alpha value is -2.21. The normalized spacial score (nSPS) is 20.6. The van der Waals surface area contributed by atoms with Gasteiger partial charge >= 0.3 is 5.97 Å². The minimum absolute atomic E-state index is 0.102. The summed E-state index contributed by atoms with van der Waals surface area (Å²) in [6.45, 7) is 4.25. The molecular weight excluding hydrogens is 352 g/mol. The number of halogens is 1. The smallest absolute Gasteiger partial charge is 0.310 e. The van der Waals surface area contributed by atoms with Gasteiger partial charge in [-0.25, -0.2) is 0 Å². The van der Waals surface area contributed by atoms with E-state index < -0.39 is 0 Å². The number of carbonyl (C=O) groups is 1. The van der Waals surface area contributed by atoms with Crippen molar-refractivity contribution in [1.29, 1.82) is 0 Å². The van der Waals surface area contributed by atoms with Crippen molar-refractivity contribution in [1.82, 2.24) is 15.2 Å². The maximum atomic E-state index is 11.9. The summed E-state index contributed by atoms with van der Waals surface area (Å²) in [7, 11) is 3.21. The molecule has 1 aromatic carbocycles. The van der Waals surface area contributed by atoms with Gasteiger partial charge in [0, 0.05) is 48.8 Å². The van der Waals surface area contributed by atoms with Crippen LogP contribution in [-0.2, 0) is 16.0 Å². The van der Waals surface area contributed by atoms with Crippen molar-refractivity contribution in [3.05, 3.63) is 35.0 Å². The molecule has 2 unspecified atom stereocenters. The summed E-state index contributed by atoms with van der Waals surface area (Å²) in [4.78, 5) is 21.6. The summed E-state index contributed by atoms with van der Waals surface area (Å²) < 4.78 is 4.91. The molecule has 0 amide bonds. The fourth-order valence-corrected chi connectivity index (χ4v) is 3.77. The van der Waals surface area contributed by atoms with Crippen LogP contribution in [0.4, 0.5) is 0 Å². The highest BCUT2D eigenvalue weighted by molar-refractivity contribution is 6.31. The maximum Gasteiger partial charge on any atom is 0.310 e. The number of H-pyrrole nitrogens is 1. The first-order valence-electron chi connectivity index (χ1n) is 8.82. The van der Waals surface area contributed by atoms with E-state index in [1.165, 1.54) is 12.7 Å². The predicted octanol–water partition coefficient (Wildman–Crippen LogP) is 2.68. The number of aromatic amines is 1. The average Bonchev–Trinajstić information content (AvgIpc) is 3.21. The summed E-state index contributed by atoms with van der Waals surface area (Å²) in [5.41, 5.74) is 2.30. The molecule has 2 aromatic rings. The molecular formula is C19H25ClN4O2. The van der Waals surface area contributed by atoms with Gasteiger partial charge in [0.2, 0.25) is 0 Å². The van der Waals surface area contributed by atoms with Gasteiger partial charge in [-0.2, -0.15) is 0 Å². The Labute approximate surface area is 158 Å². The van der Waals surface area contributed by atoms with Crippen LogP contribution >= 0.6 is 11.6 Å². The summed E-state index contributed by atoms with van der Waals surface area (Å²) in [6.07, 6.45) is 2.87. The number of ether oxygens (including phenoxy) is 1. The molecule has 1 aromatic heterocycles. The number of benzene rings is 1. The molecule has 7 heteroatoms. The highest BCUT2D eigenvalue weighted by Gasteiger charge is 2.36. The number of nitrogens with one attached hydrogen (secondary N) is 2. The first-order valence-corrected chi connectivity index (χ1v) is 9.20. The van der Waals surface area contributed by atoms with E-state index in [9.17, 15) is 4.79 Å². The first kappa shape index (κ1) is 18.6. The van der Waals surface area contributed by atoms with Gasteiger partial charge < -0.3 is 19.9 Å². The SMILES string of the molecule is CN=C(NCCc1c[nH]c2ccc(Cl)cc12)N1CC(C)C(C(=O)OC)C1. The molecule has 0 aliphatic carbocycles. The van der Waals surface area contributed by atoms with Gasteiger partial charge in [0.05, 0.1) is 13.0 Å². The number of hydrogen-bond donors (Lipinski definition) is 2. The second-order valence-electron chi connectivity index (χ2n) is 6.74. The molecule has 1 aliphatic rings. The lowest BCUT2D eigenvalue weighted by atomic mass is 9.99. The average molecular weight is 377 g/mol. The van der Waals surface area contributed by atoms with Crippen LogP contribution in [0.2, 0.25) is 5.02 Å². The van der Waals surface area contributed by atoms with E-state index in [2.05, 4.69) is 27.1 Å². The number of aliphatic imine (C=N–C) groups is 1. The number of nitrogens with zero attached hydrogens (tertiary/aromatic N) is 2. The molecule has 0 spiro atoms. The van der Waals surface area contributed by atoms with Crippen LogP contribution in [0.25, 0.3) is 10.9 Å². The zero-order valence-electron chi connectivity index (χ0n) is 15.4. The van der Waals surface area contributed by atoms with Crippen LogP contribution in [0.3, 0.4) is 0 Å². The van der Waals surface area contributed by atoms with Gasteiger partial charge in [0.15, 0.2) is 5.96 Å². The van der Waals surface area contributed by atoms with Gasteiger partial charge in [0.1, 0.15) is 0 Å². The maximum absolute atomic E-state index is 11.9. The lowest BCUT2D eigenvalue weighted by Crippen LogP contribution is -2.41. The topological polar surface area (TPSA) is 69.7 Å². The van der Waals surface area contributed by atoms with Crippen LogP contribution in [0.15, 0.2) is 29.4 Å². The van der Waals surface area contributed by atoms with Crippen LogP contribution in [-0.4, -0.2) is 55.6 Å². The number of esters is 1. The Balaban J connectivity index is 1.59. The van der Waals surface area contributed by atoms with E-state index in [4.69, 9.17) is 16.3 Å². The molecule has 0 bridgehead atoms. The third-order valence-corrected chi connectivity index (χ3v) is 5.27. The van der Waals surface area contributed by atoms with Crippen LogP contribution < -0.4 is 5.32 Å². The Morgan fingerprint density at radius 3 is 3.00 bits per heavy atom. The molecule has 26 heavy (non-hydrogen) atoms. The molecule has 2 atom stereocenters. The van der Waals surface area contributed by atoms with Gasteiger partial charge in [-0.05, 0) is 36.1 Å². The van der Waals surface area contributed by atoms with Gasteiger partial charge in [-0.15, -0.1) is 0 Å². The molecule has 1 aliphatic heterocycles. The number of carbonyl (C=O) groups excluding carboxylic acids is 1. The number of fused-ring (bicyclic) bond motifs is 1. The van der Waals surface area contributed by atoms with Gasteiger partial charge in [-0.3, -0.25) is 9.79 Å². The number of aromatic nitrogens is 1. The highest BCUT2D eigenvalue weighted by atomic mass is 35.5. The van der Waals surface area contributed by atoms with Gasteiger partial charge in [0.25, 0.3) is 0 Å². The van der Waals surface area contributed by atoms with Crippen LogP contribution in [0.5, 0.6) is 0 Å². The number of guanidine groups is 1. The van der Waals surface area contributed by atoms with E-state index in [1.807, 2.05) is 24.4 Å². The van der Waals surface area contributed by atoms with Crippen molar-refractivity contribution in [3.8, 4) is 0 Å². The minimum Gasteiger partial charge on any atom is -0.469 e. The number of rotatable bonds is 4. The Bertz CT molecular complexity index is 817. The molecule has 1 saturated heterocycles. The van der Waals surface area contributed by atoms with E-state index in [0.29, 0.717) is 6.54 Å². The Morgan fingerprint density at radius 2 is 2.27 bits per heavy atom. The molecule has 1 fully saturated rings. The van der Waals surface area contributed by atoms with E-state index in [-0.39, 0.29) is 17.8 Å². The van der Waals surface area contributed by atoms with E-state index >= 15 is 0 Å². The molecule has 0 radical (unpaired) electrons. The van der Waals surface area contributed by atoms with Crippen molar-refractivity contribution in [2.75, 3.05) is 33.8 Å². The van der Waals surface area contributed by atoms with Crippen molar-refractivity contribution < 1.29 is 9.53 Å². The molecule has 140 valence electrons. The van der Waals surface area contributed by atoms with E-state index in [0.717, 1.165) is 41.4 Å². The molecule has 3 rings (SSSR count). The third-order valence-electron chi connectivity index (χ3n) is 5.03. The fourth-order valence-electron chi connectivity index (χ4n) is 3.60. The largest absolute Gasteiger partial charge is 0.469 e. The molecule has 2 heterocycles.